The van der Waals surface area contributed by atoms with Gasteiger partial charge in [-0.3, -0.25) is 18.6 Å². The van der Waals surface area contributed by atoms with Gasteiger partial charge in [0.25, 0.3) is 0 Å². The minimum absolute atomic E-state index is 0.0340. The van der Waals surface area contributed by atoms with Crippen LogP contribution < -0.4 is 5.73 Å². The monoisotopic (exact) mass is 790 g/mol. The Morgan fingerprint density at radius 1 is 0.545 bits per heavy atom. The van der Waals surface area contributed by atoms with E-state index < -0.39 is 32.5 Å². The predicted octanol–water partition coefficient (Wildman–Crippen LogP) is 12.0. The van der Waals surface area contributed by atoms with Gasteiger partial charge in [-0.2, -0.15) is 0 Å². The molecule has 0 aromatic carbocycles. The fraction of sp³-hybridized carbons (Fsp3) is 0.644. The SMILES string of the molecule is CCCCCC=CCC=CCC=CCC=CCCCC(=O)O[C@H](COC(=O)CCCC=CCC=CCC=CCCCCCCCC)COP(=O)(O)OCCN. The molecule has 0 aromatic heterocycles. The molecule has 0 amide bonds. The number of nitrogens with two attached hydrogens (primary N) is 1. The first kappa shape index (κ1) is 52.2. The first-order valence-corrected chi connectivity index (χ1v) is 22.6. The largest absolute Gasteiger partial charge is 0.472 e. The van der Waals surface area contributed by atoms with Gasteiger partial charge in [-0.1, -0.05) is 144 Å². The Morgan fingerprint density at radius 3 is 1.44 bits per heavy atom. The van der Waals surface area contributed by atoms with Crippen molar-refractivity contribution in [1.29, 1.82) is 0 Å². The number of ether oxygens (including phenoxy) is 2. The number of hydrogen-bond acceptors (Lipinski definition) is 8. The molecular formula is C45H76NO8P. The molecule has 0 aliphatic carbocycles. The van der Waals surface area contributed by atoms with Crippen LogP contribution in [0, 0.1) is 0 Å². The third kappa shape index (κ3) is 40.7. The lowest BCUT2D eigenvalue weighted by molar-refractivity contribution is -0.161. The summed E-state index contributed by atoms with van der Waals surface area (Å²) in [6, 6.07) is 0. The molecule has 9 nitrogen and oxygen atoms in total. The highest BCUT2D eigenvalue weighted by molar-refractivity contribution is 7.47. The first-order valence-electron chi connectivity index (χ1n) is 21.1. The zero-order valence-corrected chi connectivity index (χ0v) is 35.3. The van der Waals surface area contributed by atoms with Gasteiger partial charge in [0, 0.05) is 19.4 Å². The summed E-state index contributed by atoms with van der Waals surface area (Å²) >= 11 is 0. The molecule has 0 aromatic rings. The second-order valence-electron chi connectivity index (χ2n) is 13.5. The highest BCUT2D eigenvalue weighted by Gasteiger charge is 2.25. The molecule has 0 rings (SSSR count). The normalized spacial score (nSPS) is 14.2. The van der Waals surface area contributed by atoms with Gasteiger partial charge in [-0.05, 0) is 83.5 Å². The van der Waals surface area contributed by atoms with Gasteiger partial charge < -0.3 is 20.1 Å². The quantitative estimate of drug-likeness (QED) is 0.0271. The van der Waals surface area contributed by atoms with Crippen LogP contribution >= 0.6 is 7.82 Å². The number of carbonyl (C=O) groups excluding carboxylic acids is 2. The Hall–Kier alpha value is -2.81. The van der Waals surface area contributed by atoms with Crippen LogP contribution in [-0.2, 0) is 32.7 Å². The lowest BCUT2D eigenvalue weighted by atomic mass is 10.1. The Kier molecular flexibility index (Phi) is 38.8. The molecular weight excluding hydrogens is 713 g/mol. The minimum atomic E-state index is -4.41. The molecule has 0 saturated carbocycles. The van der Waals surface area contributed by atoms with Crippen molar-refractivity contribution in [2.75, 3.05) is 26.4 Å². The van der Waals surface area contributed by atoms with Gasteiger partial charge in [-0.15, -0.1) is 0 Å². The van der Waals surface area contributed by atoms with Gasteiger partial charge in [0.05, 0.1) is 13.2 Å². The third-order valence-corrected chi connectivity index (χ3v) is 9.24. The van der Waals surface area contributed by atoms with Gasteiger partial charge in [-0.25, -0.2) is 4.57 Å². The molecule has 0 heterocycles. The van der Waals surface area contributed by atoms with Crippen molar-refractivity contribution in [3.05, 3.63) is 85.1 Å². The molecule has 0 bridgehead atoms. The van der Waals surface area contributed by atoms with Gasteiger partial charge >= 0.3 is 19.8 Å². The second kappa shape index (κ2) is 40.8. The van der Waals surface area contributed by atoms with Crippen molar-refractivity contribution < 1.29 is 37.6 Å². The third-order valence-electron chi connectivity index (χ3n) is 8.25. The molecule has 0 aliphatic rings. The molecule has 2 atom stereocenters. The maximum Gasteiger partial charge on any atom is 0.472 e. The second-order valence-corrected chi connectivity index (χ2v) is 14.9. The summed E-state index contributed by atoms with van der Waals surface area (Å²) in [5.74, 6) is -0.964. The zero-order chi connectivity index (χ0) is 40.3. The van der Waals surface area contributed by atoms with Gasteiger partial charge in [0.15, 0.2) is 6.10 Å². The highest BCUT2D eigenvalue weighted by Crippen LogP contribution is 2.43. The molecule has 0 aliphatic heterocycles. The van der Waals surface area contributed by atoms with Crippen LogP contribution in [0.1, 0.15) is 155 Å². The summed E-state index contributed by atoms with van der Waals surface area (Å²) < 4.78 is 32.6. The molecule has 1 unspecified atom stereocenters. The molecule has 3 N–H and O–H groups in total. The molecule has 0 radical (unpaired) electrons. The van der Waals surface area contributed by atoms with Crippen molar-refractivity contribution in [1.82, 2.24) is 0 Å². The summed E-state index contributed by atoms with van der Waals surface area (Å²) in [6.07, 6.45) is 50.6. The number of hydrogen-bond donors (Lipinski definition) is 2. The van der Waals surface area contributed by atoms with Crippen LogP contribution in [-0.4, -0.2) is 49.3 Å². The van der Waals surface area contributed by atoms with E-state index in [4.69, 9.17) is 24.3 Å². The zero-order valence-electron chi connectivity index (χ0n) is 34.4. The smallest absolute Gasteiger partial charge is 0.462 e. The average Bonchev–Trinajstić information content (AvgIpc) is 3.17. The number of esters is 2. The van der Waals surface area contributed by atoms with Crippen LogP contribution in [0.4, 0.5) is 0 Å². The van der Waals surface area contributed by atoms with Crippen LogP contribution in [0.3, 0.4) is 0 Å². The maximum atomic E-state index is 12.5. The molecule has 314 valence electrons. The summed E-state index contributed by atoms with van der Waals surface area (Å²) in [6.45, 7) is 3.55. The summed E-state index contributed by atoms with van der Waals surface area (Å²) in [4.78, 5) is 34.8. The number of carbonyl (C=O) groups is 2. The van der Waals surface area contributed by atoms with Crippen LogP contribution in [0.25, 0.3) is 0 Å². The Balaban J connectivity index is 4.38. The van der Waals surface area contributed by atoms with E-state index in [0.29, 0.717) is 19.3 Å². The Bertz CT molecular complexity index is 1170. The predicted molar refractivity (Wildman–Crippen MR) is 229 cm³/mol. The molecule has 0 spiro atoms. The molecule has 0 saturated heterocycles. The first-order chi connectivity index (χ1) is 26.8. The van der Waals surface area contributed by atoms with E-state index in [9.17, 15) is 19.0 Å². The number of rotatable bonds is 38. The molecule has 55 heavy (non-hydrogen) atoms. The summed E-state index contributed by atoms with van der Waals surface area (Å²) in [5, 5.41) is 0. The molecule has 10 heteroatoms. The van der Waals surface area contributed by atoms with Gasteiger partial charge in [0.1, 0.15) is 6.61 Å². The highest BCUT2D eigenvalue weighted by atomic mass is 31.2. The van der Waals surface area contributed by atoms with Crippen molar-refractivity contribution in [2.24, 2.45) is 5.73 Å². The lowest BCUT2D eigenvalue weighted by Gasteiger charge is -2.19. The Morgan fingerprint density at radius 2 is 0.945 bits per heavy atom. The van der Waals surface area contributed by atoms with E-state index in [0.717, 1.165) is 51.4 Å². The number of unbranched alkanes of at least 4 members (excludes halogenated alkanes) is 11. The summed E-state index contributed by atoms with van der Waals surface area (Å²) in [5.41, 5.74) is 5.33. The Labute approximate surface area is 334 Å². The summed E-state index contributed by atoms with van der Waals surface area (Å²) in [7, 11) is -4.41. The van der Waals surface area contributed by atoms with Crippen molar-refractivity contribution in [3.8, 4) is 0 Å². The topological polar surface area (TPSA) is 134 Å². The van der Waals surface area contributed by atoms with Crippen molar-refractivity contribution >= 4 is 19.8 Å². The standard InChI is InChI=1S/C45H76NO8P/c1-3-5-7-9-11-13-15-17-19-21-23-25-27-29-31-33-35-37-44(47)51-41-43(42-53-55(49,50)52-40-39-46)54-45(48)38-36-34-32-30-28-26-24-22-20-18-16-14-12-10-8-6-4-2/h12,14,17-20,23-26,29-32,43H,3-11,13,15-16,21-22,27-28,33-42,46H2,1-2H3,(H,49,50)/t43-/m1/s1. The van der Waals surface area contributed by atoms with E-state index in [1.54, 1.807) is 0 Å². The number of phosphoric acid groups is 1. The van der Waals surface area contributed by atoms with Crippen LogP contribution in [0.2, 0.25) is 0 Å². The van der Waals surface area contributed by atoms with Crippen LogP contribution in [0.15, 0.2) is 85.1 Å². The fourth-order valence-electron chi connectivity index (χ4n) is 5.11. The minimum Gasteiger partial charge on any atom is -0.462 e. The number of allylic oxidation sites excluding steroid dienone is 14. The van der Waals surface area contributed by atoms with Crippen molar-refractivity contribution in [3.63, 3.8) is 0 Å². The van der Waals surface area contributed by atoms with E-state index in [-0.39, 0.29) is 32.6 Å². The fourth-order valence-corrected chi connectivity index (χ4v) is 5.88. The molecule has 0 fully saturated rings. The average molecular weight is 790 g/mol. The van der Waals surface area contributed by atoms with Crippen molar-refractivity contribution in [2.45, 2.75) is 161 Å². The maximum absolute atomic E-state index is 12.5. The van der Waals surface area contributed by atoms with E-state index >= 15 is 0 Å². The number of phosphoric ester groups is 1. The van der Waals surface area contributed by atoms with Crippen LogP contribution in [0.5, 0.6) is 0 Å². The van der Waals surface area contributed by atoms with E-state index in [1.165, 1.54) is 57.8 Å². The van der Waals surface area contributed by atoms with Gasteiger partial charge in [0.2, 0.25) is 0 Å². The van der Waals surface area contributed by atoms with E-state index in [2.05, 4.69) is 86.8 Å². The van der Waals surface area contributed by atoms with E-state index in [1.807, 2.05) is 12.2 Å². The lowest BCUT2D eigenvalue weighted by Crippen LogP contribution is -2.29.